The van der Waals surface area contributed by atoms with E-state index in [0.717, 1.165) is 46.0 Å². The van der Waals surface area contributed by atoms with Gasteiger partial charge in [0.05, 0.1) is 17.1 Å². The highest BCUT2D eigenvalue weighted by atomic mass is 32.2. The molecule has 0 saturated carbocycles. The Morgan fingerprint density at radius 2 is 1.77 bits per heavy atom. The fourth-order valence-corrected chi connectivity index (χ4v) is 4.03. The first kappa shape index (κ1) is 21.6. The van der Waals surface area contributed by atoms with E-state index >= 15 is 0 Å². The van der Waals surface area contributed by atoms with E-state index in [4.69, 9.17) is 0 Å². The average Bonchev–Trinajstić information content (AvgIpc) is 3.00. The average molecular weight is 434 g/mol. The highest BCUT2D eigenvalue weighted by Gasteiger charge is 2.23. The predicted molar refractivity (Wildman–Crippen MR) is 108 cm³/mol. The molecule has 0 aliphatic carbocycles. The van der Waals surface area contributed by atoms with Gasteiger partial charge in [-0.2, -0.15) is 9.40 Å². The molecule has 0 saturated heterocycles. The van der Waals surface area contributed by atoms with E-state index < -0.39 is 34.1 Å². The normalized spacial score (nSPS) is 11.7. The second kappa shape index (κ2) is 8.33. The van der Waals surface area contributed by atoms with Gasteiger partial charge in [0.2, 0.25) is 15.9 Å². The predicted octanol–water partition coefficient (Wildman–Crippen LogP) is 3.03. The number of aryl methyl sites for hydroxylation is 2. The second-order valence-corrected chi connectivity index (χ2v) is 8.81. The van der Waals surface area contributed by atoms with Crippen LogP contribution in [0, 0.1) is 25.5 Å². The van der Waals surface area contributed by atoms with Crippen LogP contribution in [0.1, 0.15) is 11.4 Å². The summed E-state index contributed by atoms with van der Waals surface area (Å²) in [7, 11) is -2.75. The van der Waals surface area contributed by atoms with E-state index in [0.29, 0.717) is 0 Å². The third kappa shape index (κ3) is 4.55. The van der Waals surface area contributed by atoms with Crippen LogP contribution < -0.4 is 5.32 Å². The topological polar surface area (TPSA) is 84.3 Å². The summed E-state index contributed by atoms with van der Waals surface area (Å²) in [4.78, 5) is 12.1. The van der Waals surface area contributed by atoms with Gasteiger partial charge in [-0.1, -0.05) is 0 Å². The van der Waals surface area contributed by atoms with E-state index in [1.165, 1.54) is 23.9 Å². The molecule has 0 fully saturated rings. The minimum atomic E-state index is -3.98. The molecule has 1 aromatic heterocycles. The fraction of sp³-hybridized carbons (Fsp3) is 0.200. The van der Waals surface area contributed by atoms with Crippen LogP contribution in [0.25, 0.3) is 5.69 Å². The number of rotatable bonds is 6. The number of carbonyl (C=O) groups is 1. The van der Waals surface area contributed by atoms with Crippen LogP contribution >= 0.6 is 0 Å². The molecule has 0 spiro atoms. The summed E-state index contributed by atoms with van der Waals surface area (Å²) in [5, 5.41) is 6.70. The zero-order valence-electron chi connectivity index (χ0n) is 16.6. The SMILES string of the molecule is Cc1cc(C)n(-c2ccc(NC(=O)CN(C)S(=O)(=O)c3ccc(F)cc3)cc2F)n1. The van der Waals surface area contributed by atoms with E-state index in [-0.39, 0.29) is 16.3 Å². The maximum atomic E-state index is 14.5. The van der Waals surface area contributed by atoms with Gasteiger partial charge in [-0.05, 0) is 62.4 Å². The van der Waals surface area contributed by atoms with Crippen molar-refractivity contribution in [2.24, 2.45) is 0 Å². The molecular weight excluding hydrogens is 414 g/mol. The number of sulfonamides is 1. The van der Waals surface area contributed by atoms with Gasteiger partial charge < -0.3 is 5.32 Å². The van der Waals surface area contributed by atoms with Gasteiger partial charge in [0, 0.05) is 18.4 Å². The Hall–Kier alpha value is -3.11. The number of halogens is 2. The molecule has 10 heteroatoms. The van der Waals surface area contributed by atoms with Gasteiger partial charge in [-0.15, -0.1) is 0 Å². The lowest BCUT2D eigenvalue weighted by molar-refractivity contribution is -0.116. The highest BCUT2D eigenvalue weighted by molar-refractivity contribution is 7.89. The molecule has 0 radical (unpaired) electrons. The van der Waals surface area contributed by atoms with Crippen LogP contribution in [0.3, 0.4) is 0 Å². The van der Waals surface area contributed by atoms with Crippen molar-refractivity contribution in [3.63, 3.8) is 0 Å². The third-order valence-corrected chi connectivity index (χ3v) is 6.17. The maximum absolute atomic E-state index is 14.5. The van der Waals surface area contributed by atoms with Crippen LogP contribution in [-0.2, 0) is 14.8 Å². The molecule has 0 aliphatic rings. The molecule has 30 heavy (non-hydrogen) atoms. The Bertz CT molecular complexity index is 1190. The van der Waals surface area contributed by atoms with Gasteiger partial charge in [0.15, 0.2) is 5.82 Å². The fourth-order valence-electron chi connectivity index (χ4n) is 2.90. The first-order valence-corrected chi connectivity index (χ1v) is 10.4. The highest BCUT2D eigenvalue weighted by Crippen LogP contribution is 2.20. The Morgan fingerprint density at radius 1 is 1.10 bits per heavy atom. The number of anilines is 1. The summed E-state index contributed by atoms with van der Waals surface area (Å²) >= 11 is 0. The van der Waals surface area contributed by atoms with Crippen molar-refractivity contribution in [1.29, 1.82) is 0 Å². The van der Waals surface area contributed by atoms with Gasteiger partial charge in [0.25, 0.3) is 0 Å². The monoisotopic (exact) mass is 434 g/mol. The number of nitrogens with zero attached hydrogens (tertiary/aromatic N) is 3. The molecule has 0 atom stereocenters. The van der Waals surface area contributed by atoms with Gasteiger partial charge in [-0.3, -0.25) is 4.79 Å². The summed E-state index contributed by atoms with van der Waals surface area (Å²) in [6.07, 6.45) is 0. The van der Waals surface area contributed by atoms with Crippen molar-refractivity contribution in [2.45, 2.75) is 18.7 Å². The van der Waals surface area contributed by atoms with Crippen LogP contribution in [0.2, 0.25) is 0 Å². The van der Waals surface area contributed by atoms with Crippen molar-refractivity contribution in [2.75, 3.05) is 18.9 Å². The number of hydrogen-bond donors (Lipinski definition) is 1. The summed E-state index contributed by atoms with van der Waals surface area (Å²) in [5.41, 5.74) is 1.91. The molecule has 158 valence electrons. The molecular formula is C20H20F2N4O3S. The van der Waals surface area contributed by atoms with E-state index in [1.807, 2.05) is 6.07 Å². The summed E-state index contributed by atoms with van der Waals surface area (Å²) in [6, 6.07) is 10.2. The minimum Gasteiger partial charge on any atom is -0.325 e. The maximum Gasteiger partial charge on any atom is 0.243 e. The number of hydrogen-bond acceptors (Lipinski definition) is 4. The molecule has 0 bridgehead atoms. The van der Waals surface area contributed by atoms with Crippen molar-refractivity contribution < 1.29 is 22.0 Å². The lowest BCUT2D eigenvalue weighted by Gasteiger charge is -2.17. The summed E-state index contributed by atoms with van der Waals surface area (Å²) < 4.78 is 54.8. The Kier molecular flexibility index (Phi) is 5.99. The van der Waals surface area contributed by atoms with E-state index in [2.05, 4.69) is 10.4 Å². The van der Waals surface area contributed by atoms with E-state index in [9.17, 15) is 22.0 Å². The number of carbonyl (C=O) groups excluding carboxylic acids is 1. The van der Waals surface area contributed by atoms with Crippen molar-refractivity contribution in [1.82, 2.24) is 14.1 Å². The number of nitrogens with one attached hydrogen (secondary N) is 1. The molecule has 0 unspecified atom stereocenters. The molecule has 3 rings (SSSR count). The second-order valence-electron chi connectivity index (χ2n) is 6.77. The first-order chi connectivity index (χ1) is 14.1. The molecule has 0 aliphatic heterocycles. The largest absolute Gasteiger partial charge is 0.325 e. The lowest BCUT2D eigenvalue weighted by Crippen LogP contribution is -2.35. The quantitative estimate of drug-likeness (QED) is 0.646. The Morgan fingerprint density at radius 3 is 2.33 bits per heavy atom. The lowest BCUT2D eigenvalue weighted by atomic mass is 10.2. The number of aromatic nitrogens is 2. The zero-order valence-corrected chi connectivity index (χ0v) is 17.4. The molecule has 1 N–H and O–H groups in total. The Balaban J connectivity index is 1.71. The molecule has 1 heterocycles. The summed E-state index contributed by atoms with van der Waals surface area (Å²) in [6.45, 7) is 3.10. The first-order valence-electron chi connectivity index (χ1n) is 8.93. The van der Waals surface area contributed by atoms with Crippen LogP contribution in [0.4, 0.5) is 14.5 Å². The molecule has 2 aromatic carbocycles. The molecule has 3 aromatic rings. The third-order valence-electron chi connectivity index (χ3n) is 4.36. The standard InChI is InChI=1S/C20H20F2N4O3S/c1-13-10-14(2)26(24-13)19-9-6-16(11-18(19)22)23-20(27)12-25(3)30(28,29)17-7-4-15(21)5-8-17/h4-11H,12H2,1-3H3,(H,23,27). The van der Waals surface area contributed by atoms with Crippen molar-refractivity contribution >= 4 is 21.6 Å². The van der Waals surface area contributed by atoms with Gasteiger partial charge >= 0.3 is 0 Å². The van der Waals surface area contributed by atoms with Crippen LogP contribution in [0.5, 0.6) is 0 Å². The molecule has 7 nitrogen and oxygen atoms in total. The number of benzene rings is 2. The Labute approximate surface area is 173 Å². The zero-order chi connectivity index (χ0) is 22.1. The number of likely N-dealkylation sites (N-methyl/N-ethyl adjacent to an activating group) is 1. The minimum absolute atomic E-state index is 0.139. The molecule has 1 amide bonds. The van der Waals surface area contributed by atoms with E-state index in [1.54, 1.807) is 13.8 Å². The smallest absolute Gasteiger partial charge is 0.243 e. The van der Waals surface area contributed by atoms with Crippen LogP contribution in [-0.4, -0.2) is 42.0 Å². The van der Waals surface area contributed by atoms with Gasteiger partial charge in [-0.25, -0.2) is 21.9 Å². The summed E-state index contributed by atoms with van der Waals surface area (Å²) in [5.74, 6) is -1.81. The van der Waals surface area contributed by atoms with Gasteiger partial charge in [0.1, 0.15) is 11.5 Å². The number of amides is 1. The van der Waals surface area contributed by atoms with Crippen LogP contribution in [0.15, 0.2) is 53.4 Å². The van der Waals surface area contributed by atoms with Crippen molar-refractivity contribution in [3.05, 3.63) is 71.6 Å². The van der Waals surface area contributed by atoms with Crippen molar-refractivity contribution in [3.8, 4) is 5.69 Å².